The number of rotatable bonds is 4. The number of phenols is 1. The first-order valence-electron chi connectivity index (χ1n) is 5.64. The first-order valence-corrected chi connectivity index (χ1v) is 5.64. The van der Waals surface area contributed by atoms with E-state index in [9.17, 15) is 4.79 Å². The van der Waals surface area contributed by atoms with Crippen LogP contribution in [0.25, 0.3) is 0 Å². The molecule has 0 aliphatic carbocycles. The summed E-state index contributed by atoms with van der Waals surface area (Å²) in [6, 6.07) is 6.43. The zero-order valence-corrected chi connectivity index (χ0v) is 10.0. The second-order valence-corrected chi connectivity index (χ2v) is 4.19. The lowest BCUT2D eigenvalue weighted by atomic mass is 10.0. The maximum absolute atomic E-state index is 11.8. The molecule has 0 aliphatic rings. The van der Waals surface area contributed by atoms with Crippen molar-refractivity contribution >= 4 is 5.91 Å². The van der Waals surface area contributed by atoms with Gasteiger partial charge in [0.2, 0.25) is 0 Å². The molecule has 0 radical (unpaired) electrons. The van der Waals surface area contributed by atoms with Crippen LogP contribution in [0, 0.1) is 5.92 Å². The van der Waals surface area contributed by atoms with Gasteiger partial charge in [-0.2, -0.15) is 0 Å². The van der Waals surface area contributed by atoms with Crippen molar-refractivity contribution in [2.45, 2.75) is 33.2 Å². The molecule has 0 bridgehead atoms. The number of hydrogen-bond acceptors (Lipinski definition) is 2. The van der Waals surface area contributed by atoms with Crippen LogP contribution in [0.3, 0.4) is 0 Å². The number of phenolic OH excluding ortho intramolecular Hbond substituents is 1. The molecule has 3 nitrogen and oxygen atoms in total. The minimum absolute atomic E-state index is 0.0900. The standard InChI is InChI=1S/C13H19NO2/c1-4-9(2)10(3)14-13(16)11-5-7-12(15)8-6-11/h5-10,15H,4H2,1-3H3,(H,14,16). The Hall–Kier alpha value is -1.51. The average molecular weight is 221 g/mol. The smallest absolute Gasteiger partial charge is 0.251 e. The number of benzene rings is 1. The third kappa shape index (κ3) is 3.26. The zero-order valence-electron chi connectivity index (χ0n) is 10.0. The first kappa shape index (κ1) is 12.6. The molecule has 1 rings (SSSR count). The Morgan fingerprint density at radius 2 is 1.88 bits per heavy atom. The monoisotopic (exact) mass is 221 g/mol. The van der Waals surface area contributed by atoms with E-state index in [1.54, 1.807) is 12.1 Å². The van der Waals surface area contributed by atoms with Gasteiger partial charge >= 0.3 is 0 Å². The molecule has 88 valence electrons. The van der Waals surface area contributed by atoms with E-state index in [4.69, 9.17) is 5.11 Å². The molecule has 1 aromatic rings. The van der Waals surface area contributed by atoms with Gasteiger partial charge in [0.1, 0.15) is 5.75 Å². The van der Waals surface area contributed by atoms with Gasteiger partial charge in [-0.15, -0.1) is 0 Å². The molecular weight excluding hydrogens is 202 g/mol. The van der Waals surface area contributed by atoms with Crippen molar-refractivity contribution in [1.82, 2.24) is 5.32 Å². The Kier molecular flexibility index (Phi) is 4.35. The summed E-state index contributed by atoms with van der Waals surface area (Å²) >= 11 is 0. The van der Waals surface area contributed by atoms with E-state index in [-0.39, 0.29) is 17.7 Å². The Morgan fingerprint density at radius 1 is 1.31 bits per heavy atom. The van der Waals surface area contributed by atoms with Crippen molar-refractivity contribution in [3.05, 3.63) is 29.8 Å². The van der Waals surface area contributed by atoms with Gasteiger partial charge in [-0.3, -0.25) is 4.79 Å². The highest BCUT2D eigenvalue weighted by molar-refractivity contribution is 5.94. The largest absolute Gasteiger partial charge is 0.508 e. The summed E-state index contributed by atoms with van der Waals surface area (Å²) in [6.07, 6.45) is 1.04. The predicted molar refractivity (Wildman–Crippen MR) is 64.5 cm³/mol. The van der Waals surface area contributed by atoms with Gasteiger partial charge in [-0.1, -0.05) is 20.3 Å². The summed E-state index contributed by atoms with van der Waals surface area (Å²) in [5.74, 6) is 0.542. The maximum Gasteiger partial charge on any atom is 0.251 e. The van der Waals surface area contributed by atoms with E-state index in [1.807, 2.05) is 6.92 Å². The maximum atomic E-state index is 11.8. The van der Waals surface area contributed by atoms with Crippen LogP contribution in [0.15, 0.2) is 24.3 Å². The van der Waals surface area contributed by atoms with Gasteiger partial charge in [0.05, 0.1) is 0 Å². The molecule has 0 aliphatic heterocycles. The van der Waals surface area contributed by atoms with Crippen LogP contribution in [0.2, 0.25) is 0 Å². The summed E-state index contributed by atoms with van der Waals surface area (Å²) in [4.78, 5) is 11.8. The third-order valence-electron chi connectivity index (χ3n) is 2.99. The molecule has 16 heavy (non-hydrogen) atoms. The Bertz CT molecular complexity index is 345. The third-order valence-corrected chi connectivity index (χ3v) is 2.99. The molecule has 2 unspecified atom stereocenters. The highest BCUT2D eigenvalue weighted by Gasteiger charge is 2.14. The fourth-order valence-electron chi connectivity index (χ4n) is 1.40. The summed E-state index contributed by atoms with van der Waals surface area (Å²) < 4.78 is 0. The summed E-state index contributed by atoms with van der Waals surface area (Å²) in [7, 11) is 0. The van der Waals surface area contributed by atoms with Gasteiger partial charge in [-0.25, -0.2) is 0 Å². The van der Waals surface area contributed by atoms with Gasteiger partial charge < -0.3 is 10.4 Å². The van der Waals surface area contributed by atoms with E-state index in [0.717, 1.165) is 6.42 Å². The number of amides is 1. The van der Waals surface area contributed by atoms with E-state index in [2.05, 4.69) is 19.2 Å². The lowest BCUT2D eigenvalue weighted by Gasteiger charge is -2.19. The van der Waals surface area contributed by atoms with Crippen LogP contribution in [0.4, 0.5) is 0 Å². The first-order chi connectivity index (χ1) is 7.54. The van der Waals surface area contributed by atoms with Crippen LogP contribution < -0.4 is 5.32 Å². The van der Waals surface area contributed by atoms with Crippen LogP contribution >= 0.6 is 0 Å². The molecule has 3 heteroatoms. The second-order valence-electron chi connectivity index (χ2n) is 4.19. The number of aromatic hydroxyl groups is 1. The summed E-state index contributed by atoms with van der Waals surface area (Å²) in [6.45, 7) is 6.22. The normalized spacial score (nSPS) is 14.2. The van der Waals surface area contributed by atoms with Crippen LogP contribution in [-0.4, -0.2) is 17.1 Å². The van der Waals surface area contributed by atoms with Crippen molar-refractivity contribution in [2.75, 3.05) is 0 Å². The highest BCUT2D eigenvalue weighted by Crippen LogP contribution is 2.11. The SMILES string of the molecule is CCC(C)C(C)NC(=O)c1ccc(O)cc1. The molecule has 2 atom stereocenters. The van der Waals surface area contributed by atoms with Crippen molar-refractivity contribution < 1.29 is 9.90 Å². The molecule has 2 N–H and O–H groups in total. The minimum Gasteiger partial charge on any atom is -0.508 e. The Labute approximate surface area is 96.5 Å². The Morgan fingerprint density at radius 3 is 2.38 bits per heavy atom. The van der Waals surface area contributed by atoms with Crippen molar-refractivity contribution in [3.8, 4) is 5.75 Å². The lowest BCUT2D eigenvalue weighted by Crippen LogP contribution is -2.36. The summed E-state index contributed by atoms with van der Waals surface area (Å²) in [5, 5.41) is 12.1. The Balaban J connectivity index is 2.62. The van der Waals surface area contributed by atoms with Gasteiger partial charge in [0, 0.05) is 11.6 Å². The van der Waals surface area contributed by atoms with E-state index in [1.165, 1.54) is 12.1 Å². The van der Waals surface area contributed by atoms with Crippen LogP contribution in [0.5, 0.6) is 5.75 Å². The fraction of sp³-hybridized carbons (Fsp3) is 0.462. The highest BCUT2D eigenvalue weighted by atomic mass is 16.3. The molecule has 1 amide bonds. The van der Waals surface area contributed by atoms with E-state index in [0.29, 0.717) is 11.5 Å². The molecular formula is C13H19NO2. The van der Waals surface area contributed by atoms with Crippen LogP contribution in [-0.2, 0) is 0 Å². The van der Waals surface area contributed by atoms with Crippen molar-refractivity contribution in [1.29, 1.82) is 0 Å². The molecule has 0 saturated carbocycles. The molecule has 1 aromatic carbocycles. The van der Waals surface area contributed by atoms with Gasteiger partial charge in [-0.05, 0) is 37.1 Å². The molecule has 0 spiro atoms. The second kappa shape index (κ2) is 5.54. The topological polar surface area (TPSA) is 49.3 Å². The predicted octanol–water partition coefficient (Wildman–Crippen LogP) is 2.56. The van der Waals surface area contributed by atoms with E-state index >= 15 is 0 Å². The molecule has 0 heterocycles. The minimum atomic E-state index is -0.0900. The van der Waals surface area contributed by atoms with Gasteiger partial charge in [0.15, 0.2) is 0 Å². The quantitative estimate of drug-likeness (QED) is 0.821. The van der Waals surface area contributed by atoms with Gasteiger partial charge in [0.25, 0.3) is 5.91 Å². The number of nitrogens with one attached hydrogen (secondary N) is 1. The number of carbonyl (C=O) groups is 1. The molecule has 0 saturated heterocycles. The molecule has 0 aromatic heterocycles. The van der Waals surface area contributed by atoms with Crippen LogP contribution in [0.1, 0.15) is 37.6 Å². The fourth-order valence-corrected chi connectivity index (χ4v) is 1.40. The number of carbonyl (C=O) groups excluding carboxylic acids is 1. The lowest BCUT2D eigenvalue weighted by molar-refractivity contribution is 0.0928. The average Bonchev–Trinajstić information content (AvgIpc) is 2.28. The zero-order chi connectivity index (χ0) is 12.1. The van der Waals surface area contributed by atoms with Crippen molar-refractivity contribution in [2.24, 2.45) is 5.92 Å². The summed E-state index contributed by atoms with van der Waals surface area (Å²) in [5.41, 5.74) is 0.577. The van der Waals surface area contributed by atoms with E-state index < -0.39 is 0 Å². The van der Waals surface area contributed by atoms with Crippen molar-refractivity contribution in [3.63, 3.8) is 0 Å². The molecule has 0 fully saturated rings. The number of hydrogen-bond donors (Lipinski definition) is 2.